The van der Waals surface area contributed by atoms with E-state index in [1.807, 2.05) is 30.3 Å². The average molecular weight is 431 g/mol. The maximum Gasteiger partial charge on any atom is 0.271 e. The number of aliphatic imine (C=N–C) groups is 1. The first-order valence-electron chi connectivity index (χ1n) is 9.97. The van der Waals surface area contributed by atoms with Gasteiger partial charge < -0.3 is 20.5 Å². The summed E-state index contributed by atoms with van der Waals surface area (Å²) in [5.41, 5.74) is 8.06. The molecule has 0 saturated heterocycles. The minimum Gasteiger partial charge on any atom is -0.489 e. The minimum atomic E-state index is -0.405. The van der Waals surface area contributed by atoms with Gasteiger partial charge in [0.15, 0.2) is 0 Å². The highest BCUT2D eigenvalue weighted by Gasteiger charge is 2.11. The van der Waals surface area contributed by atoms with E-state index in [0.29, 0.717) is 29.2 Å². The van der Waals surface area contributed by atoms with Crippen LogP contribution in [-0.2, 0) is 6.61 Å². The number of benzene rings is 2. The topological polar surface area (TPSA) is 108 Å². The van der Waals surface area contributed by atoms with Gasteiger partial charge in [-0.3, -0.25) is 14.6 Å². The van der Waals surface area contributed by atoms with Crippen LogP contribution in [0.15, 0.2) is 88.9 Å². The average Bonchev–Trinajstić information content (AvgIpc) is 2.83. The third-order valence-electron chi connectivity index (χ3n) is 4.52. The SMILES string of the molecule is C/N=C(\C=C/NNC)c1c[nH]c(=O)c(NC(=O)c2ccc(OCc3ccccc3)cc2)c1. The van der Waals surface area contributed by atoms with Crippen LogP contribution in [0.3, 0.4) is 0 Å². The zero-order chi connectivity index (χ0) is 22.8. The number of hydrogen-bond acceptors (Lipinski definition) is 6. The van der Waals surface area contributed by atoms with E-state index in [4.69, 9.17) is 4.74 Å². The van der Waals surface area contributed by atoms with Crippen molar-refractivity contribution in [2.24, 2.45) is 4.99 Å². The molecule has 1 heterocycles. The maximum absolute atomic E-state index is 12.7. The number of H-pyrrole nitrogens is 1. The van der Waals surface area contributed by atoms with Crippen LogP contribution in [0.4, 0.5) is 5.69 Å². The van der Waals surface area contributed by atoms with Gasteiger partial charge in [0.1, 0.15) is 18.0 Å². The highest BCUT2D eigenvalue weighted by molar-refractivity contribution is 6.10. The second-order valence-electron chi connectivity index (χ2n) is 6.72. The van der Waals surface area contributed by atoms with E-state index < -0.39 is 11.5 Å². The number of anilines is 1. The van der Waals surface area contributed by atoms with E-state index in [2.05, 4.69) is 26.1 Å². The van der Waals surface area contributed by atoms with Crippen molar-refractivity contribution in [3.05, 3.63) is 106 Å². The molecule has 0 unspecified atom stereocenters. The molecule has 0 fully saturated rings. The number of carbonyl (C=O) groups is 1. The number of rotatable bonds is 9. The Morgan fingerprint density at radius 3 is 2.53 bits per heavy atom. The fraction of sp³-hybridized carbons (Fsp3) is 0.125. The normalized spacial score (nSPS) is 11.4. The summed E-state index contributed by atoms with van der Waals surface area (Å²) in [7, 11) is 3.38. The molecule has 0 aliphatic rings. The third kappa shape index (κ3) is 6.16. The van der Waals surface area contributed by atoms with Crippen LogP contribution in [0, 0.1) is 0 Å². The molecule has 0 saturated carbocycles. The maximum atomic E-state index is 12.7. The Morgan fingerprint density at radius 2 is 1.84 bits per heavy atom. The molecule has 164 valence electrons. The smallest absolute Gasteiger partial charge is 0.271 e. The van der Waals surface area contributed by atoms with Crippen LogP contribution >= 0.6 is 0 Å². The van der Waals surface area contributed by atoms with Crippen molar-refractivity contribution in [3.63, 3.8) is 0 Å². The van der Waals surface area contributed by atoms with Gasteiger partial charge in [0, 0.05) is 37.6 Å². The number of nitrogens with one attached hydrogen (secondary N) is 4. The largest absolute Gasteiger partial charge is 0.489 e. The van der Waals surface area contributed by atoms with Crippen molar-refractivity contribution in [3.8, 4) is 5.75 Å². The summed E-state index contributed by atoms with van der Waals surface area (Å²) in [5, 5.41) is 2.66. The molecule has 1 amide bonds. The van der Waals surface area contributed by atoms with Gasteiger partial charge in [-0.1, -0.05) is 30.3 Å². The van der Waals surface area contributed by atoms with Crippen molar-refractivity contribution in [2.75, 3.05) is 19.4 Å². The Labute approximate surface area is 186 Å². The molecule has 4 N–H and O–H groups in total. The zero-order valence-corrected chi connectivity index (χ0v) is 17.9. The Bertz CT molecular complexity index is 1150. The highest BCUT2D eigenvalue weighted by atomic mass is 16.5. The lowest BCUT2D eigenvalue weighted by Crippen LogP contribution is -2.22. The summed E-state index contributed by atoms with van der Waals surface area (Å²) < 4.78 is 5.74. The van der Waals surface area contributed by atoms with Crippen molar-refractivity contribution < 1.29 is 9.53 Å². The van der Waals surface area contributed by atoms with Crippen molar-refractivity contribution in [1.29, 1.82) is 0 Å². The predicted octanol–water partition coefficient (Wildman–Crippen LogP) is 2.86. The van der Waals surface area contributed by atoms with Gasteiger partial charge in [0.2, 0.25) is 0 Å². The lowest BCUT2D eigenvalue weighted by molar-refractivity contribution is 0.102. The van der Waals surface area contributed by atoms with Gasteiger partial charge in [-0.15, -0.1) is 0 Å². The molecule has 3 rings (SSSR count). The van der Waals surface area contributed by atoms with Gasteiger partial charge in [-0.2, -0.15) is 0 Å². The summed E-state index contributed by atoms with van der Waals surface area (Å²) in [4.78, 5) is 31.7. The molecule has 8 nitrogen and oxygen atoms in total. The minimum absolute atomic E-state index is 0.132. The number of hydrogen-bond donors (Lipinski definition) is 4. The van der Waals surface area contributed by atoms with Crippen LogP contribution in [0.25, 0.3) is 0 Å². The van der Waals surface area contributed by atoms with Crippen LogP contribution in [-0.4, -0.2) is 30.7 Å². The Balaban J connectivity index is 1.68. The van der Waals surface area contributed by atoms with Crippen LogP contribution < -0.4 is 26.5 Å². The Hall–Kier alpha value is -4.17. The van der Waals surface area contributed by atoms with Gasteiger partial charge >= 0.3 is 0 Å². The highest BCUT2D eigenvalue weighted by Crippen LogP contribution is 2.15. The van der Waals surface area contributed by atoms with E-state index in [1.54, 1.807) is 62.9 Å². The molecular weight excluding hydrogens is 406 g/mol. The summed E-state index contributed by atoms with van der Waals surface area (Å²) >= 11 is 0. The van der Waals surface area contributed by atoms with Crippen LogP contribution in [0.1, 0.15) is 21.5 Å². The van der Waals surface area contributed by atoms with Crippen molar-refractivity contribution in [1.82, 2.24) is 15.8 Å². The third-order valence-corrected chi connectivity index (χ3v) is 4.52. The lowest BCUT2D eigenvalue weighted by Gasteiger charge is -2.09. The molecule has 32 heavy (non-hydrogen) atoms. The lowest BCUT2D eigenvalue weighted by atomic mass is 10.1. The van der Waals surface area contributed by atoms with Crippen molar-refractivity contribution >= 4 is 17.3 Å². The monoisotopic (exact) mass is 431 g/mol. The number of aromatic amines is 1. The summed E-state index contributed by atoms with van der Waals surface area (Å²) in [6, 6.07) is 18.1. The molecule has 0 radical (unpaired) electrons. The number of nitrogens with zero attached hydrogens (tertiary/aromatic N) is 1. The Morgan fingerprint density at radius 1 is 1.09 bits per heavy atom. The molecule has 0 aliphatic carbocycles. The molecule has 0 spiro atoms. The first-order valence-corrected chi connectivity index (χ1v) is 9.97. The van der Waals surface area contributed by atoms with Gasteiger partial charge in [0.25, 0.3) is 11.5 Å². The number of hydrazine groups is 1. The fourth-order valence-electron chi connectivity index (χ4n) is 2.87. The molecule has 3 aromatic rings. The van der Waals surface area contributed by atoms with Crippen LogP contribution in [0.5, 0.6) is 5.75 Å². The summed E-state index contributed by atoms with van der Waals surface area (Å²) in [6.45, 7) is 0.439. The second kappa shape index (κ2) is 11.3. The fourth-order valence-corrected chi connectivity index (χ4v) is 2.87. The van der Waals surface area contributed by atoms with Gasteiger partial charge in [0.05, 0.1) is 5.71 Å². The molecule has 0 bridgehead atoms. The molecule has 0 atom stereocenters. The first kappa shape index (κ1) is 22.5. The molecule has 8 heteroatoms. The van der Waals surface area contributed by atoms with E-state index >= 15 is 0 Å². The zero-order valence-electron chi connectivity index (χ0n) is 17.9. The number of aromatic nitrogens is 1. The number of pyridine rings is 1. The number of amides is 1. The Kier molecular flexibility index (Phi) is 7.94. The quantitative estimate of drug-likeness (QED) is 0.308. The van der Waals surface area contributed by atoms with E-state index in [9.17, 15) is 9.59 Å². The molecule has 0 aliphatic heterocycles. The van der Waals surface area contributed by atoms with E-state index in [1.165, 1.54) is 0 Å². The van der Waals surface area contributed by atoms with Crippen molar-refractivity contribution in [2.45, 2.75) is 6.61 Å². The number of allylic oxidation sites excluding steroid dienone is 1. The van der Waals surface area contributed by atoms with Crippen LogP contribution in [0.2, 0.25) is 0 Å². The van der Waals surface area contributed by atoms with E-state index in [-0.39, 0.29) is 5.69 Å². The van der Waals surface area contributed by atoms with Gasteiger partial charge in [-0.05, 0) is 42.0 Å². The summed E-state index contributed by atoms with van der Waals surface area (Å²) in [5.74, 6) is 0.251. The number of carbonyl (C=O) groups excluding carboxylic acids is 1. The first-order chi connectivity index (χ1) is 15.6. The molecule has 1 aromatic heterocycles. The summed E-state index contributed by atoms with van der Waals surface area (Å²) in [6.07, 6.45) is 4.96. The molecular formula is C24H25N5O3. The molecule has 2 aromatic carbocycles. The second-order valence-corrected chi connectivity index (χ2v) is 6.72. The van der Waals surface area contributed by atoms with E-state index in [0.717, 1.165) is 5.56 Å². The number of ether oxygens (including phenoxy) is 1. The predicted molar refractivity (Wildman–Crippen MR) is 126 cm³/mol. The standard InChI is InChI=1S/C24H25N5O3/c1-25-21(12-13-28-26-2)19-14-22(24(31)27-15-19)29-23(30)18-8-10-20(11-9-18)32-16-17-6-4-3-5-7-17/h3-15,26,28H,16H2,1-2H3,(H,27,31)(H,29,30)/b13-12-,25-21+. The van der Waals surface area contributed by atoms with Gasteiger partial charge in [-0.25, -0.2) is 5.43 Å².